The van der Waals surface area contributed by atoms with Crippen LogP contribution in [0.2, 0.25) is 0 Å². The summed E-state index contributed by atoms with van der Waals surface area (Å²) in [5.41, 5.74) is 1.99. The van der Waals surface area contributed by atoms with E-state index < -0.39 is 42.8 Å². The average Bonchev–Trinajstić information content (AvgIpc) is 2.95. The van der Waals surface area contributed by atoms with Crippen molar-refractivity contribution >= 4 is 17.7 Å². The first-order chi connectivity index (χ1) is 14.2. The Hall–Kier alpha value is -3.09. The van der Waals surface area contributed by atoms with Gasteiger partial charge in [0.05, 0.1) is 6.54 Å². The standard InChI is InChI=1S/C23H22F2N2O3/c1-15-13-17(7-8-18(15)16-5-3-2-4-6-16)19(28)14-27-20(29)22(26-21(27)30)9-11-23(24,25)12-10-22/h2-8,13H,9-12,14H2,1H3,(H,26,30). The molecule has 2 aliphatic rings. The molecule has 1 N–H and O–H groups in total. The van der Waals surface area contributed by atoms with Crippen LogP contribution >= 0.6 is 0 Å². The van der Waals surface area contributed by atoms with Crippen LogP contribution in [0, 0.1) is 6.92 Å². The number of hydrogen-bond donors (Lipinski definition) is 1. The molecule has 7 heteroatoms. The molecular formula is C23H22F2N2O3. The predicted octanol–water partition coefficient (Wildman–Crippen LogP) is 4.34. The van der Waals surface area contributed by atoms with Gasteiger partial charge >= 0.3 is 6.03 Å². The number of nitrogens with one attached hydrogen (secondary N) is 1. The molecule has 1 saturated carbocycles. The summed E-state index contributed by atoms with van der Waals surface area (Å²) in [4.78, 5) is 38.8. The van der Waals surface area contributed by atoms with E-state index in [1.54, 1.807) is 12.1 Å². The number of nitrogens with zero attached hydrogens (tertiary/aromatic N) is 1. The highest BCUT2D eigenvalue weighted by molar-refractivity contribution is 6.11. The minimum absolute atomic E-state index is 0.125. The second kappa shape index (κ2) is 7.31. The smallest absolute Gasteiger partial charge is 0.323 e. The van der Waals surface area contributed by atoms with Crippen molar-refractivity contribution in [2.75, 3.05) is 6.54 Å². The third-order valence-corrected chi connectivity index (χ3v) is 6.02. The third kappa shape index (κ3) is 3.60. The number of urea groups is 1. The molecule has 0 aromatic heterocycles. The van der Waals surface area contributed by atoms with Gasteiger partial charge in [0.15, 0.2) is 5.78 Å². The van der Waals surface area contributed by atoms with Crippen molar-refractivity contribution in [3.8, 4) is 11.1 Å². The molecule has 156 valence electrons. The molecule has 2 fully saturated rings. The zero-order valence-corrected chi connectivity index (χ0v) is 16.6. The Morgan fingerprint density at radius 2 is 1.70 bits per heavy atom. The van der Waals surface area contributed by atoms with Gasteiger partial charge in [0.2, 0.25) is 5.92 Å². The van der Waals surface area contributed by atoms with Gasteiger partial charge in [0.25, 0.3) is 5.91 Å². The Labute approximate surface area is 173 Å². The number of hydrogen-bond acceptors (Lipinski definition) is 3. The molecule has 5 nitrogen and oxygen atoms in total. The largest absolute Gasteiger partial charge is 0.325 e. The average molecular weight is 412 g/mol. The van der Waals surface area contributed by atoms with Crippen molar-refractivity contribution in [3.63, 3.8) is 0 Å². The highest BCUT2D eigenvalue weighted by atomic mass is 19.3. The van der Waals surface area contributed by atoms with Crippen LogP contribution in [0.1, 0.15) is 41.6 Å². The molecule has 2 aromatic carbocycles. The molecule has 1 aliphatic carbocycles. The zero-order chi connectivity index (χ0) is 21.5. The molecule has 0 bridgehead atoms. The van der Waals surface area contributed by atoms with Gasteiger partial charge in [-0.2, -0.15) is 0 Å². The fraction of sp³-hybridized carbons (Fsp3) is 0.348. The number of amides is 3. The van der Waals surface area contributed by atoms with E-state index in [2.05, 4.69) is 5.32 Å². The molecule has 1 aliphatic heterocycles. The van der Waals surface area contributed by atoms with Crippen molar-refractivity contribution in [3.05, 3.63) is 59.7 Å². The van der Waals surface area contributed by atoms with E-state index in [0.717, 1.165) is 21.6 Å². The first-order valence-corrected chi connectivity index (χ1v) is 9.92. The summed E-state index contributed by atoms with van der Waals surface area (Å²) in [5, 5.41) is 2.56. The van der Waals surface area contributed by atoms with E-state index in [1.165, 1.54) is 0 Å². The van der Waals surface area contributed by atoms with Gasteiger partial charge in [-0.15, -0.1) is 0 Å². The number of aryl methyl sites for hydroxylation is 1. The molecule has 1 heterocycles. The SMILES string of the molecule is Cc1cc(C(=O)CN2C(=O)NC3(CCC(F)(F)CC3)C2=O)ccc1-c1ccccc1. The molecule has 30 heavy (non-hydrogen) atoms. The number of carbonyl (C=O) groups is 3. The van der Waals surface area contributed by atoms with Crippen LogP contribution < -0.4 is 5.32 Å². The fourth-order valence-corrected chi connectivity index (χ4v) is 4.21. The normalized spacial score (nSPS) is 19.8. The summed E-state index contributed by atoms with van der Waals surface area (Å²) < 4.78 is 27.0. The second-order valence-electron chi connectivity index (χ2n) is 8.08. The van der Waals surface area contributed by atoms with Crippen LogP contribution in [0.4, 0.5) is 13.6 Å². The molecule has 4 rings (SSSR count). The maximum absolute atomic E-state index is 13.5. The minimum Gasteiger partial charge on any atom is -0.323 e. The van der Waals surface area contributed by atoms with Crippen LogP contribution in [0.5, 0.6) is 0 Å². The Morgan fingerprint density at radius 3 is 2.33 bits per heavy atom. The second-order valence-corrected chi connectivity index (χ2v) is 8.08. The van der Waals surface area contributed by atoms with E-state index >= 15 is 0 Å². The number of benzene rings is 2. The van der Waals surface area contributed by atoms with Gasteiger partial charge < -0.3 is 5.32 Å². The van der Waals surface area contributed by atoms with Crippen LogP contribution in [0.15, 0.2) is 48.5 Å². The van der Waals surface area contributed by atoms with Gasteiger partial charge in [-0.3, -0.25) is 14.5 Å². The van der Waals surface area contributed by atoms with Crippen LogP contribution in [-0.2, 0) is 4.79 Å². The van der Waals surface area contributed by atoms with Gasteiger partial charge in [-0.05, 0) is 42.5 Å². The van der Waals surface area contributed by atoms with Crippen molar-refractivity contribution in [2.45, 2.75) is 44.1 Å². The van der Waals surface area contributed by atoms with Crippen molar-refractivity contribution in [1.82, 2.24) is 10.2 Å². The van der Waals surface area contributed by atoms with E-state index in [0.29, 0.717) is 5.56 Å². The third-order valence-electron chi connectivity index (χ3n) is 6.02. The van der Waals surface area contributed by atoms with Crippen LogP contribution in [0.3, 0.4) is 0 Å². The quantitative estimate of drug-likeness (QED) is 0.600. The van der Waals surface area contributed by atoms with E-state index in [1.807, 2.05) is 43.3 Å². The molecule has 1 saturated heterocycles. The topological polar surface area (TPSA) is 66.5 Å². The van der Waals surface area contributed by atoms with Crippen molar-refractivity contribution in [1.29, 1.82) is 0 Å². The van der Waals surface area contributed by atoms with Crippen LogP contribution in [0.25, 0.3) is 11.1 Å². The van der Waals surface area contributed by atoms with E-state index in [9.17, 15) is 23.2 Å². The van der Waals surface area contributed by atoms with Gasteiger partial charge in [0, 0.05) is 18.4 Å². The number of ketones is 1. The molecule has 0 radical (unpaired) electrons. The Morgan fingerprint density at radius 1 is 1.03 bits per heavy atom. The van der Waals surface area contributed by atoms with Gasteiger partial charge in [-0.1, -0.05) is 42.5 Å². The maximum atomic E-state index is 13.5. The molecule has 0 atom stereocenters. The van der Waals surface area contributed by atoms with Crippen molar-refractivity contribution in [2.24, 2.45) is 0 Å². The first kappa shape index (κ1) is 20.2. The Balaban J connectivity index is 1.50. The summed E-state index contributed by atoms with van der Waals surface area (Å²) in [6.07, 6.45) is -1.16. The lowest BCUT2D eigenvalue weighted by Crippen LogP contribution is -2.51. The highest BCUT2D eigenvalue weighted by Crippen LogP contribution is 2.41. The number of rotatable bonds is 4. The summed E-state index contributed by atoms with van der Waals surface area (Å²) >= 11 is 0. The van der Waals surface area contributed by atoms with E-state index in [4.69, 9.17) is 0 Å². The number of halogens is 2. The number of imide groups is 1. The maximum Gasteiger partial charge on any atom is 0.325 e. The summed E-state index contributed by atoms with van der Waals surface area (Å²) in [6.45, 7) is 1.48. The highest BCUT2D eigenvalue weighted by Gasteiger charge is 2.55. The van der Waals surface area contributed by atoms with Gasteiger partial charge in [0.1, 0.15) is 5.54 Å². The number of carbonyl (C=O) groups excluding carboxylic acids is 3. The lowest BCUT2D eigenvalue weighted by Gasteiger charge is -2.34. The first-order valence-electron chi connectivity index (χ1n) is 9.92. The molecule has 2 aromatic rings. The zero-order valence-electron chi connectivity index (χ0n) is 16.6. The Kier molecular flexibility index (Phi) is 4.92. The lowest BCUT2D eigenvalue weighted by molar-refractivity contribution is -0.135. The lowest BCUT2D eigenvalue weighted by atomic mass is 9.80. The molecule has 3 amide bonds. The number of Topliss-reactive ketones (excluding diaryl/α,β-unsaturated/α-hetero) is 1. The monoisotopic (exact) mass is 412 g/mol. The summed E-state index contributed by atoms with van der Waals surface area (Å²) in [7, 11) is 0. The van der Waals surface area contributed by atoms with E-state index in [-0.39, 0.29) is 18.6 Å². The van der Waals surface area contributed by atoms with Gasteiger partial charge in [-0.25, -0.2) is 13.6 Å². The van der Waals surface area contributed by atoms with Crippen LogP contribution in [-0.4, -0.2) is 40.6 Å². The molecule has 1 spiro atoms. The summed E-state index contributed by atoms with van der Waals surface area (Å²) in [6, 6.07) is 14.3. The Bertz CT molecular complexity index is 1010. The summed E-state index contributed by atoms with van der Waals surface area (Å²) in [5.74, 6) is -3.79. The fourth-order valence-electron chi connectivity index (χ4n) is 4.21. The van der Waals surface area contributed by atoms with Crippen molar-refractivity contribution < 1.29 is 23.2 Å². The molecular weight excluding hydrogens is 390 g/mol. The minimum atomic E-state index is -2.82. The molecule has 0 unspecified atom stereocenters. The predicted molar refractivity (Wildman–Crippen MR) is 107 cm³/mol. The number of alkyl halides is 2.